The highest BCUT2D eigenvalue weighted by molar-refractivity contribution is 7.16. The van der Waals surface area contributed by atoms with Crippen molar-refractivity contribution in [3.8, 4) is 10.4 Å². The highest BCUT2D eigenvalue weighted by Crippen LogP contribution is 2.36. The molecule has 0 saturated heterocycles. The number of nitrogens with zero attached hydrogens (tertiary/aromatic N) is 1. The van der Waals surface area contributed by atoms with E-state index in [2.05, 4.69) is 4.98 Å². The summed E-state index contributed by atoms with van der Waals surface area (Å²) in [5.41, 5.74) is -0.322. The van der Waals surface area contributed by atoms with Crippen LogP contribution in [0.2, 0.25) is 5.02 Å². The SMILES string of the molecule is Cc1sc(-c2cncc(C(F)(F)F)c2)cc1Cl. The van der Waals surface area contributed by atoms with Crippen LogP contribution in [0.3, 0.4) is 0 Å². The lowest BCUT2D eigenvalue weighted by molar-refractivity contribution is -0.137. The molecule has 2 aromatic rings. The van der Waals surface area contributed by atoms with Crippen LogP contribution >= 0.6 is 22.9 Å². The number of alkyl halides is 3. The van der Waals surface area contributed by atoms with E-state index in [1.165, 1.54) is 17.5 Å². The summed E-state index contributed by atoms with van der Waals surface area (Å²) in [6, 6.07) is 2.73. The van der Waals surface area contributed by atoms with Crippen molar-refractivity contribution < 1.29 is 13.2 Å². The average molecular weight is 278 g/mol. The van der Waals surface area contributed by atoms with E-state index in [0.29, 0.717) is 15.5 Å². The summed E-state index contributed by atoms with van der Waals surface area (Å²) in [5.74, 6) is 0. The molecule has 0 unspecified atom stereocenters. The van der Waals surface area contributed by atoms with Crippen molar-refractivity contribution in [3.63, 3.8) is 0 Å². The lowest BCUT2D eigenvalue weighted by atomic mass is 10.2. The van der Waals surface area contributed by atoms with Crippen LogP contribution in [0.1, 0.15) is 10.4 Å². The number of aromatic nitrogens is 1. The van der Waals surface area contributed by atoms with Crippen molar-refractivity contribution >= 4 is 22.9 Å². The van der Waals surface area contributed by atoms with Gasteiger partial charge in [0.1, 0.15) is 0 Å². The minimum Gasteiger partial charge on any atom is -0.263 e. The molecule has 0 N–H and O–H groups in total. The monoisotopic (exact) mass is 277 g/mol. The Bertz CT molecular complexity index is 528. The molecule has 1 nitrogen and oxygen atoms in total. The minimum atomic E-state index is -4.38. The van der Waals surface area contributed by atoms with E-state index in [0.717, 1.165) is 17.1 Å². The van der Waals surface area contributed by atoms with Gasteiger partial charge in [0.05, 0.1) is 10.6 Å². The van der Waals surface area contributed by atoms with Crippen LogP contribution in [0.25, 0.3) is 10.4 Å². The van der Waals surface area contributed by atoms with Crippen molar-refractivity contribution in [3.05, 3.63) is 40.0 Å². The Morgan fingerprint density at radius 2 is 1.94 bits per heavy atom. The van der Waals surface area contributed by atoms with E-state index in [-0.39, 0.29) is 0 Å². The van der Waals surface area contributed by atoms with E-state index < -0.39 is 11.7 Å². The molecule has 17 heavy (non-hydrogen) atoms. The zero-order chi connectivity index (χ0) is 12.6. The first-order valence-corrected chi connectivity index (χ1v) is 5.86. The van der Waals surface area contributed by atoms with Crippen LogP contribution in [0, 0.1) is 6.92 Å². The van der Waals surface area contributed by atoms with E-state index in [1.54, 1.807) is 6.07 Å². The second-order valence-corrected chi connectivity index (χ2v) is 5.14. The number of hydrogen-bond acceptors (Lipinski definition) is 2. The van der Waals surface area contributed by atoms with Crippen LogP contribution in [-0.2, 0) is 6.18 Å². The van der Waals surface area contributed by atoms with Gasteiger partial charge < -0.3 is 0 Å². The Hall–Kier alpha value is -1.07. The third-order valence-electron chi connectivity index (χ3n) is 2.21. The van der Waals surface area contributed by atoms with Gasteiger partial charge in [-0.05, 0) is 19.1 Å². The van der Waals surface area contributed by atoms with E-state index in [9.17, 15) is 13.2 Å². The summed E-state index contributed by atoms with van der Waals surface area (Å²) in [5, 5.41) is 0.558. The standard InChI is InChI=1S/C11H7ClF3NS/c1-6-9(12)3-10(17-6)7-2-8(5-16-4-7)11(13,14)15/h2-5H,1H3. The van der Waals surface area contributed by atoms with Crippen LogP contribution in [0.15, 0.2) is 24.5 Å². The average Bonchev–Trinajstić information content (AvgIpc) is 2.58. The van der Waals surface area contributed by atoms with Gasteiger partial charge >= 0.3 is 6.18 Å². The van der Waals surface area contributed by atoms with Crippen molar-refractivity contribution in [2.75, 3.05) is 0 Å². The highest BCUT2D eigenvalue weighted by Gasteiger charge is 2.31. The van der Waals surface area contributed by atoms with Gasteiger partial charge in [-0.25, -0.2) is 0 Å². The summed E-state index contributed by atoms with van der Waals surface area (Å²) >= 11 is 7.22. The van der Waals surface area contributed by atoms with Crippen molar-refractivity contribution in [2.24, 2.45) is 0 Å². The topological polar surface area (TPSA) is 12.9 Å². The quantitative estimate of drug-likeness (QED) is 0.730. The van der Waals surface area contributed by atoms with Gasteiger partial charge in [0.25, 0.3) is 0 Å². The molecule has 2 aromatic heterocycles. The number of hydrogen-bond donors (Lipinski definition) is 0. The molecule has 0 amide bonds. The van der Waals surface area contributed by atoms with Crippen molar-refractivity contribution in [1.29, 1.82) is 0 Å². The van der Waals surface area contributed by atoms with E-state index in [4.69, 9.17) is 11.6 Å². The molecular formula is C11H7ClF3NS. The Labute approximate surface area is 105 Å². The molecule has 2 rings (SSSR count). The van der Waals surface area contributed by atoms with Gasteiger partial charge in [-0.15, -0.1) is 11.3 Å². The molecule has 0 aromatic carbocycles. The number of pyridine rings is 1. The maximum Gasteiger partial charge on any atom is 0.417 e. The van der Waals surface area contributed by atoms with E-state index >= 15 is 0 Å². The largest absolute Gasteiger partial charge is 0.417 e. The maximum atomic E-state index is 12.5. The fraction of sp³-hybridized carbons (Fsp3) is 0.182. The Balaban J connectivity index is 2.47. The second kappa shape index (κ2) is 4.31. The number of halogens is 4. The molecule has 2 heterocycles. The number of thiophene rings is 1. The molecule has 0 aliphatic rings. The molecule has 90 valence electrons. The van der Waals surface area contributed by atoms with Gasteiger partial charge in [-0.3, -0.25) is 4.98 Å². The van der Waals surface area contributed by atoms with Crippen molar-refractivity contribution in [1.82, 2.24) is 4.98 Å². The Morgan fingerprint density at radius 3 is 2.47 bits per heavy atom. The molecule has 0 aliphatic heterocycles. The molecule has 0 atom stereocenters. The first-order chi connectivity index (χ1) is 7.88. The fourth-order valence-corrected chi connectivity index (χ4v) is 2.51. The first-order valence-electron chi connectivity index (χ1n) is 4.66. The predicted octanol–water partition coefficient (Wildman–Crippen LogP) is 4.79. The lowest BCUT2D eigenvalue weighted by Gasteiger charge is -2.06. The zero-order valence-electron chi connectivity index (χ0n) is 8.68. The van der Waals surface area contributed by atoms with Gasteiger partial charge in [-0.1, -0.05) is 11.6 Å². The van der Waals surface area contributed by atoms with E-state index in [1.807, 2.05) is 6.92 Å². The molecule has 0 aliphatic carbocycles. The number of aryl methyl sites for hydroxylation is 1. The summed E-state index contributed by atoms with van der Waals surface area (Å²) in [7, 11) is 0. The third-order valence-corrected chi connectivity index (χ3v) is 3.81. The molecule has 0 spiro atoms. The van der Waals surface area contributed by atoms with Gasteiger partial charge in [0.15, 0.2) is 0 Å². The normalized spacial score (nSPS) is 11.8. The number of rotatable bonds is 1. The zero-order valence-corrected chi connectivity index (χ0v) is 10.2. The highest BCUT2D eigenvalue weighted by atomic mass is 35.5. The summed E-state index contributed by atoms with van der Waals surface area (Å²) < 4.78 is 37.5. The molecular weight excluding hydrogens is 271 g/mol. The maximum absolute atomic E-state index is 12.5. The summed E-state index contributed by atoms with van der Waals surface area (Å²) in [6.45, 7) is 1.82. The lowest BCUT2D eigenvalue weighted by Crippen LogP contribution is -2.05. The Morgan fingerprint density at radius 1 is 1.24 bits per heavy atom. The summed E-state index contributed by atoms with van der Waals surface area (Å²) in [4.78, 5) is 5.17. The van der Waals surface area contributed by atoms with Crippen molar-refractivity contribution in [2.45, 2.75) is 13.1 Å². The molecule has 0 fully saturated rings. The van der Waals surface area contributed by atoms with Gasteiger partial charge in [-0.2, -0.15) is 13.2 Å². The molecule has 0 radical (unpaired) electrons. The van der Waals surface area contributed by atoms with Crippen LogP contribution in [0.4, 0.5) is 13.2 Å². The van der Waals surface area contributed by atoms with Crippen LogP contribution < -0.4 is 0 Å². The first kappa shape index (κ1) is 12.4. The fourth-order valence-electron chi connectivity index (χ4n) is 1.33. The second-order valence-electron chi connectivity index (χ2n) is 3.47. The Kier molecular flexibility index (Phi) is 3.14. The minimum absolute atomic E-state index is 0.430. The predicted molar refractivity (Wildman–Crippen MR) is 62.3 cm³/mol. The van der Waals surface area contributed by atoms with Crippen LogP contribution in [-0.4, -0.2) is 4.98 Å². The molecule has 6 heteroatoms. The smallest absolute Gasteiger partial charge is 0.263 e. The van der Waals surface area contributed by atoms with Gasteiger partial charge in [0, 0.05) is 27.7 Å². The van der Waals surface area contributed by atoms with Gasteiger partial charge in [0.2, 0.25) is 0 Å². The third kappa shape index (κ3) is 2.61. The summed E-state index contributed by atoms with van der Waals surface area (Å²) in [6.07, 6.45) is -2.17. The molecule has 0 bridgehead atoms. The molecule has 0 saturated carbocycles. The van der Waals surface area contributed by atoms with Crippen LogP contribution in [0.5, 0.6) is 0 Å².